The van der Waals surface area contributed by atoms with Crippen LogP contribution in [0.3, 0.4) is 0 Å². The summed E-state index contributed by atoms with van der Waals surface area (Å²) in [5, 5.41) is 9.21. The zero-order valence-corrected chi connectivity index (χ0v) is 17.1. The van der Waals surface area contributed by atoms with E-state index in [2.05, 4.69) is 6.92 Å². The van der Waals surface area contributed by atoms with Gasteiger partial charge in [-0.1, -0.05) is 96.1 Å². The van der Waals surface area contributed by atoms with Crippen molar-refractivity contribution in [1.29, 1.82) is 0 Å². The monoisotopic (exact) mass is 374 g/mol. The fourth-order valence-electron chi connectivity index (χ4n) is 3.12. The first-order valence-electron chi connectivity index (χ1n) is 10.9. The van der Waals surface area contributed by atoms with E-state index < -0.39 is 0 Å². The Morgan fingerprint density at radius 1 is 0.815 bits per heavy atom. The summed E-state index contributed by atoms with van der Waals surface area (Å²) in [4.78, 5) is 11.7. The Labute approximate surface area is 165 Å². The molecule has 1 N–H and O–H groups in total. The highest BCUT2D eigenvalue weighted by Gasteiger charge is 2.01. The van der Waals surface area contributed by atoms with E-state index >= 15 is 0 Å². The van der Waals surface area contributed by atoms with E-state index in [1.807, 2.05) is 0 Å². The van der Waals surface area contributed by atoms with Gasteiger partial charge >= 0.3 is 5.97 Å². The van der Waals surface area contributed by atoms with Crippen molar-refractivity contribution < 1.29 is 14.6 Å². The summed E-state index contributed by atoms with van der Waals surface area (Å²) in [7, 11) is 0. The number of phenolic OH excluding ortho intramolecular Hbond substituents is 1. The maximum Gasteiger partial charge on any atom is 0.310 e. The summed E-state index contributed by atoms with van der Waals surface area (Å²) in [6.07, 6.45) is 20.6. The minimum Gasteiger partial charge on any atom is -0.508 e. The molecule has 0 atom stereocenters. The van der Waals surface area contributed by atoms with Crippen LogP contribution < -0.4 is 0 Å². The maximum absolute atomic E-state index is 11.7. The van der Waals surface area contributed by atoms with Gasteiger partial charge < -0.3 is 9.84 Å². The van der Waals surface area contributed by atoms with Crippen LogP contribution in [0, 0.1) is 0 Å². The molecule has 1 aromatic carbocycles. The third-order valence-electron chi connectivity index (χ3n) is 4.84. The Balaban J connectivity index is 1.87. The molecule has 0 saturated carbocycles. The molecule has 0 amide bonds. The van der Waals surface area contributed by atoms with Gasteiger partial charge in [0.2, 0.25) is 0 Å². The predicted octanol–water partition coefficient (Wildman–Crippen LogP) is 7.39. The van der Waals surface area contributed by atoms with Gasteiger partial charge in [0.25, 0.3) is 0 Å². The molecule has 0 unspecified atom stereocenters. The number of esters is 1. The molecular formula is C24H38O3. The fourth-order valence-corrected chi connectivity index (χ4v) is 3.12. The number of carbonyl (C=O) groups excluding carboxylic acids is 1. The van der Waals surface area contributed by atoms with Crippen molar-refractivity contribution in [3.8, 4) is 5.75 Å². The quantitative estimate of drug-likeness (QED) is 0.186. The molecule has 3 nitrogen and oxygen atoms in total. The van der Waals surface area contributed by atoms with Crippen molar-refractivity contribution in [3.63, 3.8) is 0 Å². The van der Waals surface area contributed by atoms with Crippen LogP contribution in [0.2, 0.25) is 0 Å². The third-order valence-corrected chi connectivity index (χ3v) is 4.84. The molecule has 3 heteroatoms. The number of rotatable bonds is 16. The second-order valence-electron chi connectivity index (χ2n) is 7.38. The summed E-state index contributed by atoms with van der Waals surface area (Å²) in [6.45, 7) is 2.26. The molecule has 0 radical (unpaired) electrons. The highest BCUT2D eigenvalue weighted by Crippen LogP contribution is 2.13. The van der Waals surface area contributed by atoms with Gasteiger partial charge in [-0.2, -0.15) is 0 Å². The summed E-state index contributed by atoms with van der Waals surface area (Å²) >= 11 is 0. The van der Waals surface area contributed by atoms with Gasteiger partial charge in [0.1, 0.15) is 5.75 Å². The average Bonchev–Trinajstić information content (AvgIpc) is 2.67. The molecule has 0 spiro atoms. The normalized spacial score (nSPS) is 11.1. The fraction of sp³-hybridized carbons (Fsp3) is 0.625. The largest absolute Gasteiger partial charge is 0.508 e. The van der Waals surface area contributed by atoms with Crippen molar-refractivity contribution in [1.82, 2.24) is 0 Å². The van der Waals surface area contributed by atoms with Crippen molar-refractivity contribution in [2.75, 3.05) is 0 Å². The standard InChI is InChI=1S/C24H38O3/c1-2-3-4-5-6-7-8-9-10-11-12-13-14-15-24(26)27-21-20-22-16-18-23(25)19-17-22/h16-21,25H,2-15H2,1H3. The van der Waals surface area contributed by atoms with Crippen LogP contribution in [0.25, 0.3) is 6.08 Å². The van der Waals surface area contributed by atoms with Crippen LogP contribution in [0.15, 0.2) is 30.5 Å². The van der Waals surface area contributed by atoms with Crippen LogP contribution in [0.1, 0.15) is 102 Å². The van der Waals surface area contributed by atoms with Gasteiger partial charge in [-0.3, -0.25) is 4.79 Å². The van der Waals surface area contributed by atoms with Gasteiger partial charge in [0.15, 0.2) is 0 Å². The lowest BCUT2D eigenvalue weighted by molar-refractivity contribution is -0.138. The Morgan fingerprint density at radius 3 is 1.81 bits per heavy atom. The predicted molar refractivity (Wildman–Crippen MR) is 114 cm³/mol. The second-order valence-corrected chi connectivity index (χ2v) is 7.38. The van der Waals surface area contributed by atoms with E-state index in [0.29, 0.717) is 6.42 Å². The zero-order chi connectivity index (χ0) is 19.6. The zero-order valence-electron chi connectivity index (χ0n) is 17.1. The van der Waals surface area contributed by atoms with Crippen molar-refractivity contribution in [2.45, 2.75) is 96.8 Å². The minimum atomic E-state index is -0.173. The van der Waals surface area contributed by atoms with Gasteiger partial charge in [-0.05, 0) is 30.2 Å². The highest BCUT2D eigenvalue weighted by atomic mass is 16.5. The Hall–Kier alpha value is -1.77. The van der Waals surface area contributed by atoms with E-state index in [1.165, 1.54) is 76.9 Å². The van der Waals surface area contributed by atoms with Gasteiger partial charge in [-0.15, -0.1) is 0 Å². The lowest BCUT2D eigenvalue weighted by Crippen LogP contribution is -1.98. The number of benzene rings is 1. The minimum absolute atomic E-state index is 0.173. The summed E-state index contributed by atoms with van der Waals surface area (Å²) < 4.78 is 5.10. The SMILES string of the molecule is CCCCCCCCCCCCCCCC(=O)OC=Cc1ccc(O)cc1. The molecule has 0 aliphatic carbocycles. The lowest BCUT2D eigenvalue weighted by atomic mass is 10.0. The maximum atomic E-state index is 11.7. The van der Waals surface area contributed by atoms with Crippen molar-refractivity contribution in [2.24, 2.45) is 0 Å². The first-order valence-corrected chi connectivity index (χ1v) is 10.9. The van der Waals surface area contributed by atoms with Crippen LogP contribution in [-0.2, 0) is 9.53 Å². The number of phenols is 1. The first kappa shape index (κ1) is 23.3. The van der Waals surface area contributed by atoms with E-state index in [0.717, 1.165) is 18.4 Å². The first-order chi connectivity index (χ1) is 13.2. The lowest BCUT2D eigenvalue weighted by Gasteiger charge is -2.03. The molecule has 152 valence electrons. The molecule has 1 aromatic rings. The molecule has 0 fully saturated rings. The molecular weight excluding hydrogens is 336 g/mol. The number of carbonyl (C=O) groups is 1. The smallest absolute Gasteiger partial charge is 0.310 e. The number of aromatic hydroxyl groups is 1. The topological polar surface area (TPSA) is 46.5 Å². The van der Waals surface area contributed by atoms with Crippen molar-refractivity contribution >= 4 is 12.0 Å². The van der Waals surface area contributed by atoms with E-state index in [9.17, 15) is 9.90 Å². The van der Waals surface area contributed by atoms with Crippen molar-refractivity contribution in [3.05, 3.63) is 36.1 Å². The Morgan fingerprint density at radius 2 is 1.30 bits per heavy atom. The number of unbranched alkanes of at least 4 members (excludes halogenated alkanes) is 12. The van der Waals surface area contributed by atoms with Gasteiger partial charge in [0, 0.05) is 6.42 Å². The molecule has 0 aliphatic rings. The number of hydrogen-bond acceptors (Lipinski definition) is 3. The van der Waals surface area contributed by atoms with E-state index in [-0.39, 0.29) is 11.7 Å². The summed E-state index contributed by atoms with van der Waals surface area (Å²) in [6, 6.07) is 6.75. The second kappa shape index (κ2) is 16.4. The number of ether oxygens (including phenoxy) is 1. The summed E-state index contributed by atoms with van der Waals surface area (Å²) in [5.74, 6) is 0.0552. The van der Waals surface area contributed by atoms with Crippen LogP contribution in [-0.4, -0.2) is 11.1 Å². The number of hydrogen-bond donors (Lipinski definition) is 1. The molecule has 1 rings (SSSR count). The Bertz CT molecular complexity index is 505. The van der Waals surface area contributed by atoms with Crippen LogP contribution in [0.5, 0.6) is 5.75 Å². The van der Waals surface area contributed by atoms with Gasteiger partial charge in [0.05, 0.1) is 6.26 Å². The van der Waals surface area contributed by atoms with E-state index in [1.54, 1.807) is 30.3 Å². The van der Waals surface area contributed by atoms with E-state index in [4.69, 9.17) is 4.74 Å². The molecule has 0 saturated heterocycles. The third kappa shape index (κ3) is 14.0. The van der Waals surface area contributed by atoms with Crippen LogP contribution in [0.4, 0.5) is 0 Å². The van der Waals surface area contributed by atoms with Crippen LogP contribution >= 0.6 is 0 Å². The molecule has 0 bridgehead atoms. The molecule has 0 heterocycles. The molecule has 27 heavy (non-hydrogen) atoms. The Kier molecular flexibility index (Phi) is 14.1. The summed E-state index contributed by atoms with van der Waals surface area (Å²) in [5.41, 5.74) is 0.890. The molecule has 0 aliphatic heterocycles. The average molecular weight is 375 g/mol. The highest BCUT2D eigenvalue weighted by molar-refractivity contribution is 5.70. The molecule has 0 aromatic heterocycles. The van der Waals surface area contributed by atoms with Gasteiger partial charge in [-0.25, -0.2) is 0 Å².